The number of amides is 1. The van der Waals surface area contributed by atoms with Crippen LogP contribution in [-0.2, 0) is 9.59 Å². The van der Waals surface area contributed by atoms with Crippen LogP contribution in [0.15, 0.2) is 18.2 Å². The number of anilines is 1. The number of aliphatic carboxylic acids is 1. The molecule has 0 bridgehead atoms. The second-order valence-electron chi connectivity index (χ2n) is 3.35. The lowest BCUT2D eigenvalue weighted by atomic mass is 10.2. The molecule has 1 amide bonds. The van der Waals surface area contributed by atoms with E-state index in [1.54, 1.807) is 6.92 Å². The Balaban J connectivity index is 2.99. The first-order valence-electron chi connectivity index (χ1n) is 4.72. The molecule has 0 saturated heterocycles. The maximum atomic E-state index is 11.3. The van der Waals surface area contributed by atoms with E-state index in [0.717, 1.165) is 6.08 Å². The van der Waals surface area contributed by atoms with Crippen molar-refractivity contribution in [3.05, 3.63) is 33.8 Å². The number of carboxylic acids is 1. The number of aromatic hydroxyl groups is 1. The maximum Gasteiger partial charge on any atom is 0.328 e. The van der Waals surface area contributed by atoms with Gasteiger partial charge in [-0.3, -0.25) is 4.79 Å². The van der Waals surface area contributed by atoms with Crippen LogP contribution in [0.1, 0.15) is 5.56 Å². The highest BCUT2D eigenvalue weighted by Gasteiger charge is 2.13. The lowest BCUT2D eigenvalue weighted by Gasteiger charge is -2.10. The quantitative estimate of drug-likeness (QED) is 0.590. The minimum absolute atomic E-state index is 0.00985. The van der Waals surface area contributed by atoms with Crippen LogP contribution < -0.4 is 5.32 Å². The van der Waals surface area contributed by atoms with Crippen molar-refractivity contribution in [2.45, 2.75) is 6.92 Å². The van der Waals surface area contributed by atoms with E-state index in [1.807, 2.05) is 0 Å². The molecular weight excluding hydrogens is 281 g/mol. The van der Waals surface area contributed by atoms with Crippen molar-refractivity contribution in [2.24, 2.45) is 0 Å². The Labute approximate surface area is 113 Å². The van der Waals surface area contributed by atoms with Gasteiger partial charge in [0.25, 0.3) is 0 Å². The van der Waals surface area contributed by atoms with Crippen molar-refractivity contribution in [2.75, 3.05) is 5.32 Å². The molecule has 1 aromatic carbocycles. The zero-order valence-corrected chi connectivity index (χ0v) is 10.7. The molecule has 1 rings (SSSR count). The van der Waals surface area contributed by atoms with Crippen molar-refractivity contribution in [1.82, 2.24) is 0 Å². The number of carbonyl (C=O) groups is 2. The monoisotopic (exact) mass is 289 g/mol. The highest BCUT2D eigenvalue weighted by Crippen LogP contribution is 2.38. The lowest BCUT2D eigenvalue weighted by Crippen LogP contribution is -2.09. The van der Waals surface area contributed by atoms with Crippen LogP contribution in [0.5, 0.6) is 5.75 Å². The zero-order chi connectivity index (χ0) is 13.9. The molecule has 7 heteroatoms. The van der Waals surface area contributed by atoms with Gasteiger partial charge >= 0.3 is 5.97 Å². The summed E-state index contributed by atoms with van der Waals surface area (Å²) in [6, 6.07) is 1.32. The van der Waals surface area contributed by atoms with E-state index in [1.165, 1.54) is 6.07 Å². The second-order valence-corrected chi connectivity index (χ2v) is 4.14. The molecule has 0 heterocycles. The molecule has 96 valence electrons. The van der Waals surface area contributed by atoms with E-state index in [4.69, 9.17) is 28.3 Å². The Morgan fingerprint density at radius 3 is 2.50 bits per heavy atom. The summed E-state index contributed by atoms with van der Waals surface area (Å²) in [6.07, 6.45) is 1.48. The van der Waals surface area contributed by atoms with Crippen LogP contribution in [-0.4, -0.2) is 22.1 Å². The summed E-state index contributed by atoms with van der Waals surface area (Å²) in [4.78, 5) is 21.5. The standard InChI is InChI=1S/C11H9Cl2NO4/c1-5-6(12)4-7(11(18)10(5)13)14-8(15)2-3-9(16)17/h2-4,18H,1H3,(H,14,15)(H,16,17). The molecule has 0 unspecified atom stereocenters. The number of rotatable bonds is 3. The van der Waals surface area contributed by atoms with E-state index < -0.39 is 11.9 Å². The number of carboxylic acid groups (broad SMARTS) is 1. The predicted molar refractivity (Wildman–Crippen MR) is 68.3 cm³/mol. The molecule has 1 aromatic rings. The Morgan fingerprint density at radius 2 is 1.94 bits per heavy atom. The number of nitrogens with one attached hydrogen (secondary N) is 1. The molecule has 0 aliphatic rings. The van der Waals surface area contributed by atoms with E-state index in [-0.39, 0.29) is 21.5 Å². The predicted octanol–water partition coefficient (Wildman–Crippen LogP) is 2.59. The number of phenols is 1. The van der Waals surface area contributed by atoms with Gasteiger partial charge in [0, 0.05) is 17.2 Å². The summed E-state index contributed by atoms with van der Waals surface area (Å²) < 4.78 is 0. The smallest absolute Gasteiger partial charge is 0.328 e. The second kappa shape index (κ2) is 5.75. The number of hydrogen-bond donors (Lipinski definition) is 3. The van der Waals surface area contributed by atoms with Crippen LogP contribution >= 0.6 is 23.2 Å². The molecule has 0 radical (unpaired) electrons. The summed E-state index contributed by atoms with van der Waals surface area (Å²) >= 11 is 11.6. The highest BCUT2D eigenvalue weighted by atomic mass is 35.5. The van der Waals surface area contributed by atoms with Gasteiger partial charge in [-0.25, -0.2) is 4.79 Å². The molecule has 0 aromatic heterocycles. The third-order valence-corrected chi connectivity index (χ3v) is 2.91. The first-order valence-corrected chi connectivity index (χ1v) is 5.48. The van der Waals surface area contributed by atoms with Gasteiger partial charge in [-0.2, -0.15) is 0 Å². The topological polar surface area (TPSA) is 86.6 Å². The lowest BCUT2D eigenvalue weighted by molar-refractivity contribution is -0.131. The van der Waals surface area contributed by atoms with Crippen molar-refractivity contribution >= 4 is 40.8 Å². The van der Waals surface area contributed by atoms with Crippen molar-refractivity contribution in [3.63, 3.8) is 0 Å². The zero-order valence-electron chi connectivity index (χ0n) is 9.20. The number of carbonyl (C=O) groups excluding carboxylic acids is 1. The number of hydrogen-bond acceptors (Lipinski definition) is 3. The largest absolute Gasteiger partial charge is 0.504 e. The van der Waals surface area contributed by atoms with E-state index in [9.17, 15) is 14.7 Å². The van der Waals surface area contributed by atoms with Gasteiger partial charge in [-0.1, -0.05) is 23.2 Å². The Kier molecular flexibility index (Phi) is 4.58. The molecule has 0 atom stereocenters. The molecule has 0 spiro atoms. The summed E-state index contributed by atoms with van der Waals surface area (Å²) in [6.45, 7) is 1.61. The summed E-state index contributed by atoms with van der Waals surface area (Å²) in [5.74, 6) is -2.30. The molecule has 18 heavy (non-hydrogen) atoms. The molecule has 3 N–H and O–H groups in total. The molecule has 0 aliphatic heterocycles. The summed E-state index contributed by atoms with van der Waals surface area (Å²) in [5, 5.41) is 20.6. The fourth-order valence-electron chi connectivity index (χ4n) is 1.12. The fourth-order valence-corrected chi connectivity index (χ4v) is 1.58. The average Bonchev–Trinajstić information content (AvgIpc) is 2.30. The Bertz CT molecular complexity index is 540. The van der Waals surface area contributed by atoms with E-state index in [2.05, 4.69) is 5.32 Å². The first kappa shape index (κ1) is 14.3. The van der Waals surface area contributed by atoms with Gasteiger partial charge < -0.3 is 15.5 Å². The van der Waals surface area contributed by atoms with Gasteiger partial charge in [0.2, 0.25) is 5.91 Å². The number of halogens is 2. The van der Waals surface area contributed by atoms with Crippen molar-refractivity contribution in [1.29, 1.82) is 0 Å². The van der Waals surface area contributed by atoms with Crippen LogP contribution in [0.2, 0.25) is 10.0 Å². The molecule has 0 saturated carbocycles. The fraction of sp³-hybridized carbons (Fsp3) is 0.0909. The maximum absolute atomic E-state index is 11.3. The SMILES string of the molecule is Cc1c(Cl)cc(NC(=O)C=CC(=O)O)c(O)c1Cl. The molecule has 5 nitrogen and oxygen atoms in total. The van der Waals surface area contributed by atoms with Gasteiger partial charge in [0.1, 0.15) is 0 Å². The average molecular weight is 290 g/mol. The number of phenolic OH excluding ortho intramolecular Hbond substituents is 1. The normalized spacial score (nSPS) is 10.6. The van der Waals surface area contributed by atoms with E-state index >= 15 is 0 Å². The highest BCUT2D eigenvalue weighted by molar-refractivity contribution is 6.37. The van der Waals surface area contributed by atoms with Crippen LogP contribution in [0.25, 0.3) is 0 Å². The van der Waals surface area contributed by atoms with Gasteiger partial charge in [-0.15, -0.1) is 0 Å². The number of benzene rings is 1. The third kappa shape index (κ3) is 3.38. The van der Waals surface area contributed by atoms with Gasteiger partial charge in [0.05, 0.1) is 10.7 Å². The van der Waals surface area contributed by atoms with Crippen LogP contribution in [0.3, 0.4) is 0 Å². The minimum atomic E-state index is -1.26. The minimum Gasteiger partial charge on any atom is -0.504 e. The van der Waals surface area contributed by atoms with Crippen LogP contribution in [0.4, 0.5) is 5.69 Å². The van der Waals surface area contributed by atoms with Gasteiger partial charge in [0.15, 0.2) is 5.75 Å². The summed E-state index contributed by atoms with van der Waals surface area (Å²) in [7, 11) is 0. The molecule has 0 aliphatic carbocycles. The first-order chi connectivity index (χ1) is 8.32. The third-order valence-electron chi connectivity index (χ3n) is 2.06. The summed E-state index contributed by atoms with van der Waals surface area (Å²) in [5.41, 5.74) is 0.491. The van der Waals surface area contributed by atoms with E-state index in [0.29, 0.717) is 11.6 Å². The van der Waals surface area contributed by atoms with Crippen molar-refractivity contribution < 1.29 is 19.8 Å². The Hall–Kier alpha value is -1.72. The molecular formula is C11H9Cl2NO4. The van der Waals surface area contributed by atoms with Crippen molar-refractivity contribution in [3.8, 4) is 5.75 Å². The van der Waals surface area contributed by atoms with Gasteiger partial charge in [-0.05, 0) is 18.6 Å². The van der Waals surface area contributed by atoms with Crippen LogP contribution in [0, 0.1) is 6.92 Å². The molecule has 0 fully saturated rings. The Morgan fingerprint density at radius 1 is 1.33 bits per heavy atom.